The number of alkyl carbamates (subject to hydrolysis) is 1. The van der Waals surface area contributed by atoms with Crippen molar-refractivity contribution in [2.75, 3.05) is 0 Å². The number of halogens is 1. The topological polar surface area (TPSA) is 51.5 Å². The number of carbonyl (C=O) groups is 1. The molecule has 2 aromatic rings. The number of hydrogen-bond donors (Lipinski definition) is 1. The average Bonchev–Trinajstić information content (AvgIpc) is 2.67. The average molecular weight is 296 g/mol. The predicted octanol–water partition coefficient (Wildman–Crippen LogP) is 4.42. The third-order valence-electron chi connectivity index (χ3n) is 2.57. The monoisotopic (exact) mass is 295 g/mol. The van der Waals surface area contributed by atoms with Crippen LogP contribution in [0, 0.1) is 6.92 Å². The van der Waals surface area contributed by atoms with Crippen molar-refractivity contribution in [1.82, 2.24) is 5.32 Å². The van der Waals surface area contributed by atoms with Gasteiger partial charge in [-0.05, 0) is 51.5 Å². The molecule has 0 spiro atoms. The summed E-state index contributed by atoms with van der Waals surface area (Å²) in [4.78, 5) is 11.6. The minimum absolute atomic E-state index is 0.263. The molecule has 20 heavy (non-hydrogen) atoms. The molecule has 0 fully saturated rings. The Kier molecular flexibility index (Phi) is 3.95. The first-order valence-electron chi connectivity index (χ1n) is 6.40. The summed E-state index contributed by atoms with van der Waals surface area (Å²) in [5.41, 5.74) is 1.19. The van der Waals surface area contributed by atoms with Crippen molar-refractivity contribution >= 4 is 28.7 Å². The van der Waals surface area contributed by atoms with Crippen LogP contribution in [0.4, 0.5) is 4.79 Å². The molecule has 1 aromatic heterocycles. The van der Waals surface area contributed by atoms with E-state index in [1.165, 1.54) is 0 Å². The first kappa shape index (κ1) is 14.7. The van der Waals surface area contributed by atoms with Gasteiger partial charge in [0, 0.05) is 5.39 Å². The maximum absolute atomic E-state index is 11.6. The normalized spacial score (nSPS) is 11.7. The maximum Gasteiger partial charge on any atom is 0.408 e. The van der Waals surface area contributed by atoms with Crippen LogP contribution in [-0.2, 0) is 11.3 Å². The summed E-state index contributed by atoms with van der Waals surface area (Å²) in [5, 5.41) is 4.15. The quantitative estimate of drug-likeness (QED) is 0.892. The number of amides is 1. The van der Waals surface area contributed by atoms with Gasteiger partial charge in [-0.3, -0.25) is 0 Å². The molecule has 0 radical (unpaired) electrons. The number of furan rings is 1. The molecule has 1 N–H and O–H groups in total. The van der Waals surface area contributed by atoms with Gasteiger partial charge in [0.2, 0.25) is 0 Å². The number of ether oxygens (including phenoxy) is 1. The second kappa shape index (κ2) is 5.37. The second-order valence-corrected chi connectivity index (χ2v) is 6.14. The molecule has 0 atom stereocenters. The van der Waals surface area contributed by atoms with E-state index in [0.29, 0.717) is 16.4 Å². The van der Waals surface area contributed by atoms with E-state index in [1.54, 1.807) is 0 Å². The van der Waals surface area contributed by atoms with Crippen LogP contribution in [-0.4, -0.2) is 11.7 Å². The summed E-state index contributed by atoms with van der Waals surface area (Å²) in [6.45, 7) is 7.68. The van der Waals surface area contributed by atoms with Gasteiger partial charge in [0.1, 0.15) is 11.4 Å². The zero-order valence-electron chi connectivity index (χ0n) is 12.0. The second-order valence-electron chi connectivity index (χ2n) is 5.73. The summed E-state index contributed by atoms with van der Waals surface area (Å²) < 4.78 is 10.8. The van der Waals surface area contributed by atoms with Gasteiger partial charge in [-0.15, -0.1) is 0 Å². The highest BCUT2D eigenvalue weighted by molar-refractivity contribution is 6.34. The molecule has 2 rings (SSSR count). The van der Waals surface area contributed by atoms with Crippen molar-refractivity contribution in [3.05, 3.63) is 34.5 Å². The lowest BCUT2D eigenvalue weighted by Gasteiger charge is -2.19. The van der Waals surface area contributed by atoms with E-state index in [4.69, 9.17) is 20.8 Å². The van der Waals surface area contributed by atoms with Gasteiger partial charge in [-0.2, -0.15) is 0 Å². The predicted molar refractivity (Wildman–Crippen MR) is 79.0 cm³/mol. The van der Waals surface area contributed by atoms with Crippen LogP contribution >= 0.6 is 11.6 Å². The van der Waals surface area contributed by atoms with Crippen LogP contribution in [0.15, 0.2) is 22.6 Å². The number of rotatable bonds is 2. The fourth-order valence-corrected chi connectivity index (χ4v) is 2.19. The molecular formula is C15H18ClNO3. The van der Waals surface area contributed by atoms with Crippen molar-refractivity contribution < 1.29 is 13.9 Å². The Labute approximate surface area is 123 Å². The molecule has 0 saturated carbocycles. The van der Waals surface area contributed by atoms with E-state index in [2.05, 4.69) is 5.32 Å². The lowest BCUT2D eigenvalue weighted by molar-refractivity contribution is 0.0520. The molecule has 1 amide bonds. The SMILES string of the molecule is Cc1cc(Cl)c2oc(CNC(=O)OC(C)(C)C)cc2c1. The van der Waals surface area contributed by atoms with Crippen LogP contribution in [0.25, 0.3) is 11.0 Å². The Hall–Kier alpha value is -1.68. The van der Waals surface area contributed by atoms with E-state index in [1.807, 2.05) is 45.9 Å². The van der Waals surface area contributed by atoms with E-state index >= 15 is 0 Å². The smallest absolute Gasteiger partial charge is 0.408 e. The fourth-order valence-electron chi connectivity index (χ4n) is 1.87. The maximum atomic E-state index is 11.6. The third kappa shape index (κ3) is 3.67. The van der Waals surface area contributed by atoms with Gasteiger partial charge in [0.15, 0.2) is 5.58 Å². The first-order chi connectivity index (χ1) is 9.24. The van der Waals surface area contributed by atoms with Gasteiger partial charge in [-0.1, -0.05) is 11.6 Å². The summed E-state index contributed by atoms with van der Waals surface area (Å²) in [5.74, 6) is 0.637. The summed E-state index contributed by atoms with van der Waals surface area (Å²) in [6, 6.07) is 5.70. The molecule has 0 aliphatic heterocycles. The van der Waals surface area contributed by atoms with Crippen LogP contribution in [0.1, 0.15) is 32.1 Å². The fraction of sp³-hybridized carbons (Fsp3) is 0.400. The lowest BCUT2D eigenvalue weighted by atomic mass is 10.2. The minimum atomic E-state index is -0.515. The Morgan fingerprint density at radius 3 is 2.70 bits per heavy atom. The van der Waals surface area contributed by atoms with Crippen molar-refractivity contribution in [3.8, 4) is 0 Å². The van der Waals surface area contributed by atoms with E-state index in [-0.39, 0.29) is 6.54 Å². The van der Waals surface area contributed by atoms with E-state index in [0.717, 1.165) is 10.9 Å². The highest BCUT2D eigenvalue weighted by Gasteiger charge is 2.16. The van der Waals surface area contributed by atoms with Gasteiger partial charge in [-0.25, -0.2) is 4.79 Å². The highest BCUT2D eigenvalue weighted by atomic mass is 35.5. The van der Waals surface area contributed by atoms with Gasteiger partial charge < -0.3 is 14.5 Å². The Morgan fingerprint density at radius 1 is 1.35 bits per heavy atom. The van der Waals surface area contributed by atoms with Crippen LogP contribution in [0.2, 0.25) is 5.02 Å². The molecule has 1 heterocycles. The lowest BCUT2D eigenvalue weighted by Crippen LogP contribution is -2.32. The molecule has 4 nitrogen and oxygen atoms in total. The largest absolute Gasteiger partial charge is 0.458 e. The molecule has 5 heteroatoms. The molecular weight excluding hydrogens is 278 g/mol. The van der Waals surface area contributed by atoms with Crippen molar-refractivity contribution in [3.63, 3.8) is 0 Å². The van der Waals surface area contributed by atoms with Crippen molar-refractivity contribution in [1.29, 1.82) is 0 Å². The molecule has 0 unspecified atom stereocenters. The number of aryl methyl sites for hydroxylation is 1. The summed E-state index contributed by atoms with van der Waals surface area (Å²) >= 11 is 6.12. The molecule has 0 saturated heterocycles. The van der Waals surface area contributed by atoms with Crippen LogP contribution in [0.3, 0.4) is 0 Å². The van der Waals surface area contributed by atoms with Crippen LogP contribution in [0.5, 0.6) is 0 Å². The van der Waals surface area contributed by atoms with Crippen LogP contribution < -0.4 is 5.32 Å². The molecule has 0 aliphatic rings. The molecule has 0 bridgehead atoms. The van der Waals surface area contributed by atoms with Crippen molar-refractivity contribution in [2.45, 2.75) is 39.8 Å². The summed E-state index contributed by atoms with van der Waals surface area (Å²) in [6.07, 6.45) is -0.472. The Bertz CT molecular complexity index is 640. The molecule has 1 aromatic carbocycles. The number of hydrogen-bond acceptors (Lipinski definition) is 3. The number of nitrogens with one attached hydrogen (secondary N) is 1. The molecule has 0 aliphatic carbocycles. The first-order valence-corrected chi connectivity index (χ1v) is 6.78. The van der Waals surface area contributed by atoms with Gasteiger partial charge in [0.25, 0.3) is 0 Å². The summed E-state index contributed by atoms with van der Waals surface area (Å²) in [7, 11) is 0. The zero-order chi connectivity index (χ0) is 14.9. The van der Waals surface area contributed by atoms with Crippen molar-refractivity contribution in [2.24, 2.45) is 0 Å². The van der Waals surface area contributed by atoms with E-state index in [9.17, 15) is 4.79 Å². The Morgan fingerprint density at radius 2 is 2.05 bits per heavy atom. The standard InChI is InChI=1S/C15H18ClNO3/c1-9-5-10-7-11(19-13(10)12(16)6-9)8-17-14(18)20-15(2,3)4/h5-7H,8H2,1-4H3,(H,17,18). The van der Waals surface area contributed by atoms with E-state index < -0.39 is 11.7 Å². The highest BCUT2D eigenvalue weighted by Crippen LogP contribution is 2.28. The number of carbonyl (C=O) groups excluding carboxylic acids is 1. The number of benzene rings is 1. The zero-order valence-corrected chi connectivity index (χ0v) is 12.8. The minimum Gasteiger partial charge on any atom is -0.458 e. The molecule has 108 valence electrons. The van der Waals surface area contributed by atoms with Gasteiger partial charge in [0.05, 0.1) is 11.6 Å². The number of fused-ring (bicyclic) bond motifs is 1. The Balaban J connectivity index is 2.08. The third-order valence-corrected chi connectivity index (χ3v) is 2.85. The van der Waals surface area contributed by atoms with Gasteiger partial charge >= 0.3 is 6.09 Å².